The lowest BCUT2D eigenvalue weighted by Gasteiger charge is -2.08. The molecule has 2 aromatic rings. The third-order valence-corrected chi connectivity index (χ3v) is 2.71. The summed E-state index contributed by atoms with van der Waals surface area (Å²) in [6, 6.07) is 7.33. The average molecular weight is 293 g/mol. The quantitative estimate of drug-likeness (QED) is 0.675. The summed E-state index contributed by atoms with van der Waals surface area (Å²) in [5, 5.41) is 4.32. The molecule has 1 heterocycles. The first-order valence-corrected chi connectivity index (χ1v) is 6.12. The van der Waals surface area contributed by atoms with Gasteiger partial charge in [0.1, 0.15) is 31.4 Å². The van der Waals surface area contributed by atoms with Gasteiger partial charge in [-0.2, -0.15) is 0 Å². The third-order valence-electron chi connectivity index (χ3n) is 2.45. The van der Waals surface area contributed by atoms with Crippen molar-refractivity contribution in [2.45, 2.75) is 6.61 Å². The zero-order valence-electron chi connectivity index (χ0n) is 10.8. The summed E-state index contributed by atoms with van der Waals surface area (Å²) < 4.78 is 5.62. The van der Waals surface area contributed by atoms with Crippen molar-refractivity contribution in [2.75, 3.05) is 12.8 Å². The van der Waals surface area contributed by atoms with Gasteiger partial charge in [0.25, 0.3) is 0 Å². The molecule has 0 aliphatic rings. The molecule has 0 saturated carbocycles. The van der Waals surface area contributed by atoms with Crippen LogP contribution in [0, 0.1) is 0 Å². The molecule has 0 bridgehead atoms. The minimum atomic E-state index is 0.270. The molecule has 1 aromatic heterocycles. The maximum atomic E-state index is 5.82. The maximum Gasteiger partial charge on any atom is 0.228 e. The second-order valence-corrected chi connectivity index (χ2v) is 4.25. The molecule has 0 aliphatic heterocycles. The van der Waals surface area contributed by atoms with Crippen LogP contribution in [-0.4, -0.2) is 23.3 Å². The molecule has 0 amide bonds. The first-order chi connectivity index (χ1) is 9.70. The lowest BCUT2D eigenvalue weighted by Crippen LogP contribution is -2.05. The monoisotopic (exact) mass is 292 g/mol. The average Bonchev–Trinajstić information content (AvgIpc) is 2.46. The van der Waals surface area contributed by atoms with E-state index in [2.05, 4.69) is 20.0 Å². The van der Waals surface area contributed by atoms with Crippen LogP contribution in [0.5, 0.6) is 5.88 Å². The number of hydrogen-bond donors (Lipinski definition) is 1. The van der Waals surface area contributed by atoms with Crippen molar-refractivity contribution in [3.05, 3.63) is 46.7 Å². The topological polar surface area (TPSA) is 82.6 Å². The lowest BCUT2D eigenvalue weighted by atomic mass is 10.2. The SMILES string of the molecule is CON=Cc1c(N)ncnc1OCc1ccc(Cl)cc1. The van der Waals surface area contributed by atoms with Crippen LogP contribution in [0.2, 0.25) is 5.02 Å². The van der Waals surface area contributed by atoms with E-state index in [1.807, 2.05) is 12.1 Å². The molecule has 0 spiro atoms. The second-order valence-electron chi connectivity index (χ2n) is 3.81. The Morgan fingerprint density at radius 1 is 1.30 bits per heavy atom. The standard InChI is InChI=1S/C13H13ClN4O2/c1-19-18-6-11-12(15)16-8-17-13(11)20-7-9-2-4-10(14)5-3-9/h2-6,8H,7H2,1H3,(H2,15,16,17). The summed E-state index contributed by atoms with van der Waals surface area (Å²) in [7, 11) is 1.44. The number of nitrogen functional groups attached to an aromatic ring is 1. The van der Waals surface area contributed by atoms with Gasteiger partial charge in [0.2, 0.25) is 5.88 Å². The zero-order valence-corrected chi connectivity index (χ0v) is 11.5. The Bertz CT molecular complexity index is 602. The van der Waals surface area contributed by atoms with Crippen molar-refractivity contribution in [3.63, 3.8) is 0 Å². The minimum Gasteiger partial charge on any atom is -0.472 e. The van der Waals surface area contributed by atoms with Crippen molar-refractivity contribution < 1.29 is 9.57 Å². The molecule has 1 aromatic carbocycles. The van der Waals surface area contributed by atoms with Crippen LogP contribution >= 0.6 is 11.6 Å². The van der Waals surface area contributed by atoms with E-state index in [-0.39, 0.29) is 5.82 Å². The number of hydrogen-bond acceptors (Lipinski definition) is 6. The third kappa shape index (κ3) is 3.58. The number of aromatic nitrogens is 2. The Labute approximate surface area is 121 Å². The Balaban J connectivity index is 2.14. The summed E-state index contributed by atoms with van der Waals surface area (Å²) in [6.45, 7) is 0.335. The predicted octanol–water partition coefficient (Wildman–Crippen LogP) is 2.27. The molecule has 0 aliphatic carbocycles. The fraction of sp³-hybridized carbons (Fsp3) is 0.154. The number of ether oxygens (including phenoxy) is 1. The summed E-state index contributed by atoms with van der Waals surface area (Å²) in [5.74, 6) is 0.611. The van der Waals surface area contributed by atoms with Gasteiger partial charge in [0.05, 0.1) is 6.21 Å². The van der Waals surface area contributed by atoms with Crippen LogP contribution in [0.4, 0.5) is 5.82 Å². The van der Waals surface area contributed by atoms with Gasteiger partial charge in [-0.1, -0.05) is 28.9 Å². The number of nitrogens with two attached hydrogens (primary N) is 1. The summed E-state index contributed by atoms with van der Waals surface area (Å²) in [5.41, 5.74) is 7.19. The second kappa shape index (κ2) is 6.72. The van der Waals surface area contributed by atoms with Gasteiger partial charge in [-0.25, -0.2) is 9.97 Å². The van der Waals surface area contributed by atoms with Gasteiger partial charge in [-0.3, -0.25) is 0 Å². The highest BCUT2D eigenvalue weighted by molar-refractivity contribution is 6.30. The fourth-order valence-corrected chi connectivity index (χ4v) is 1.59. The lowest BCUT2D eigenvalue weighted by molar-refractivity contribution is 0.215. The van der Waals surface area contributed by atoms with E-state index in [1.54, 1.807) is 12.1 Å². The van der Waals surface area contributed by atoms with Gasteiger partial charge in [0.15, 0.2) is 0 Å². The first kappa shape index (κ1) is 14.1. The molecular formula is C13H13ClN4O2. The van der Waals surface area contributed by atoms with Gasteiger partial charge in [0, 0.05) is 5.02 Å². The molecule has 0 fully saturated rings. The minimum absolute atomic E-state index is 0.270. The van der Waals surface area contributed by atoms with E-state index in [9.17, 15) is 0 Å². The van der Waals surface area contributed by atoms with Gasteiger partial charge in [-0.15, -0.1) is 0 Å². The zero-order chi connectivity index (χ0) is 14.4. The number of rotatable bonds is 5. The molecule has 0 saturated heterocycles. The predicted molar refractivity (Wildman–Crippen MR) is 76.8 cm³/mol. The molecule has 0 radical (unpaired) electrons. The van der Waals surface area contributed by atoms with E-state index in [0.29, 0.717) is 23.1 Å². The Hall–Kier alpha value is -2.34. The highest BCUT2D eigenvalue weighted by Crippen LogP contribution is 2.19. The van der Waals surface area contributed by atoms with Crippen LogP contribution in [-0.2, 0) is 11.4 Å². The molecule has 104 valence electrons. The Morgan fingerprint density at radius 3 is 2.75 bits per heavy atom. The van der Waals surface area contributed by atoms with E-state index in [0.717, 1.165) is 5.56 Å². The van der Waals surface area contributed by atoms with Crippen LogP contribution < -0.4 is 10.5 Å². The van der Waals surface area contributed by atoms with Crippen LogP contribution in [0.1, 0.15) is 11.1 Å². The van der Waals surface area contributed by atoms with Crippen molar-refractivity contribution in [1.29, 1.82) is 0 Å². The van der Waals surface area contributed by atoms with E-state index in [4.69, 9.17) is 22.1 Å². The van der Waals surface area contributed by atoms with Crippen LogP contribution in [0.3, 0.4) is 0 Å². The number of anilines is 1. The molecule has 0 unspecified atom stereocenters. The van der Waals surface area contributed by atoms with Gasteiger partial charge >= 0.3 is 0 Å². The first-order valence-electron chi connectivity index (χ1n) is 5.75. The van der Waals surface area contributed by atoms with Crippen molar-refractivity contribution in [1.82, 2.24) is 9.97 Å². The molecule has 0 atom stereocenters. The number of oxime groups is 1. The van der Waals surface area contributed by atoms with Crippen molar-refractivity contribution >= 4 is 23.6 Å². The molecular weight excluding hydrogens is 280 g/mol. The van der Waals surface area contributed by atoms with E-state index >= 15 is 0 Å². The van der Waals surface area contributed by atoms with E-state index < -0.39 is 0 Å². The smallest absolute Gasteiger partial charge is 0.228 e. The Kier molecular flexibility index (Phi) is 4.73. The van der Waals surface area contributed by atoms with E-state index in [1.165, 1.54) is 19.7 Å². The number of halogens is 1. The van der Waals surface area contributed by atoms with Gasteiger partial charge < -0.3 is 15.3 Å². The molecule has 2 N–H and O–H groups in total. The molecule has 2 rings (SSSR count). The van der Waals surface area contributed by atoms with Crippen molar-refractivity contribution in [2.24, 2.45) is 5.16 Å². The number of nitrogens with zero attached hydrogens (tertiary/aromatic N) is 3. The molecule has 20 heavy (non-hydrogen) atoms. The highest BCUT2D eigenvalue weighted by Gasteiger charge is 2.09. The fourth-order valence-electron chi connectivity index (χ4n) is 1.47. The molecule has 6 nitrogen and oxygen atoms in total. The van der Waals surface area contributed by atoms with Crippen molar-refractivity contribution in [3.8, 4) is 5.88 Å². The number of benzene rings is 1. The summed E-state index contributed by atoms with van der Waals surface area (Å²) >= 11 is 5.82. The maximum absolute atomic E-state index is 5.82. The van der Waals surface area contributed by atoms with Crippen LogP contribution in [0.25, 0.3) is 0 Å². The van der Waals surface area contributed by atoms with Crippen LogP contribution in [0.15, 0.2) is 35.7 Å². The largest absolute Gasteiger partial charge is 0.472 e. The highest BCUT2D eigenvalue weighted by atomic mass is 35.5. The normalized spacial score (nSPS) is 10.7. The molecule has 7 heteroatoms. The van der Waals surface area contributed by atoms with Gasteiger partial charge in [-0.05, 0) is 17.7 Å². The Morgan fingerprint density at radius 2 is 2.05 bits per heavy atom. The summed E-state index contributed by atoms with van der Waals surface area (Å²) in [4.78, 5) is 12.5. The summed E-state index contributed by atoms with van der Waals surface area (Å²) in [6.07, 6.45) is 2.74.